The van der Waals surface area contributed by atoms with Crippen LogP contribution in [0.4, 0.5) is 5.13 Å². The number of nitrogens with zero attached hydrogens (tertiary/aromatic N) is 3. The number of benzene rings is 2. The summed E-state index contributed by atoms with van der Waals surface area (Å²) in [6.07, 6.45) is 3.24. The molecule has 0 bridgehead atoms. The van der Waals surface area contributed by atoms with Crippen LogP contribution in [-0.4, -0.2) is 26.1 Å². The fourth-order valence-electron chi connectivity index (χ4n) is 2.41. The van der Waals surface area contributed by atoms with Crippen LogP contribution >= 0.6 is 23.1 Å². The van der Waals surface area contributed by atoms with Gasteiger partial charge in [-0.2, -0.15) is 0 Å². The van der Waals surface area contributed by atoms with Crippen molar-refractivity contribution in [1.82, 2.24) is 20.2 Å². The van der Waals surface area contributed by atoms with Crippen molar-refractivity contribution >= 4 is 51.2 Å². The van der Waals surface area contributed by atoms with E-state index in [-0.39, 0.29) is 5.91 Å². The fraction of sp³-hybridized carbons (Fsp3) is 0.0526. The standard InChI is InChI=1S/C19H15N5OS2/c25-17(11-10-13-6-2-1-3-7-13)22-18-23-24-19(27-18)26-12-16-20-14-8-4-5-9-15(14)21-16/h1-11H,12H2,(H,20,21)(H,22,23,25)/b11-10+. The largest absolute Gasteiger partial charge is 0.341 e. The summed E-state index contributed by atoms with van der Waals surface area (Å²) in [6.45, 7) is 0. The molecule has 2 heterocycles. The van der Waals surface area contributed by atoms with Gasteiger partial charge in [0.1, 0.15) is 5.82 Å². The summed E-state index contributed by atoms with van der Waals surface area (Å²) in [6, 6.07) is 17.6. The Kier molecular flexibility index (Phi) is 5.27. The molecule has 0 spiro atoms. The van der Waals surface area contributed by atoms with Crippen molar-refractivity contribution in [2.24, 2.45) is 0 Å². The zero-order valence-corrected chi connectivity index (χ0v) is 15.8. The fourth-order valence-corrected chi connectivity index (χ4v) is 4.03. The van der Waals surface area contributed by atoms with Gasteiger partial charge < -0.3 is 4.98 Å². The van der Waals surface area contributed by atoms with Crippen molar-refractivity contribution < 1.29 is 4.79 Å². The summed E-state index contributed by atoms with van der Waals surface area (Å²) in [5, 5.41) is 11.3. The second kappa shape index (κ2) is 8.15. The normalized spacial score (nSPS) is 11.3. The van der Waals surface area contributed by atoms with E-state index in [0.717, 1.165) is 26.8 Å². The number of hydrogen-bond donors (Lipinski definition) is 2. The average Bonchev–Trinajstić information content (AvgIpc) is 3.31. The summed E-state index contributed by atoms with van der Waals surface area (Å²) < 4.78 is 0.776. The molecule has 0 saturated heterocycles. The summed E-state index contributed by atoms with van der Waals surface area (Å²) in [4.78, 5) is 19.8. The van der Waals surface area contributed by atoms with Crippen molar-refractivity contribution in [2.75, 3.05) is 5.32 Å². The minimum atomic E-state index is -0.233. The van der Waals surface area contributed by atoms with E-state index in [1.807, 2.05) is 54.6 Å². The number of carbonyl (C=O) groups is 1. The molecule has 0 atom stereocenters. The molecule has 0 aliphatic carbocycles. The van der Waals surface area contributed by atoms with Crippen LogP contribution in [0.5, 0.6) is 0 Å². The molecule has 27 heavy (non-hydrogen) atoms. The second-order valence-electron chi connectivity index (χ2n) is 5.60. The number of carbonyl (C=O) groups excluding carboxylic acids is 1. The number of para-hydroxylation sites is 2. The van der Waals surface area contributed by atoms with Crippen molar-refractivity contribution in [3.8, 4) is 0 Å². The van der Waals surface area contributed by atoms with E-state index in [2.05, 4.69) is 25.5 Å². The smallest absolute Gasteiger partial charge is 0.250 e. The van der Waals surface area contributed by atoms with Crippen LogP contribution in [-0.2, 0) is 10.5 Å². The van der Waals surface area contributed by atoms with Crippen molar-refractivity contribution in [3.63, 3.8) is 0 Å². The van der Waals surface area contributed by atoms with E-state index in [4.69, 9.17) is 0 Å². The molecule has 4 rings (SSSR count). The summed E-state index contributed by atoms with van der Waals surface area (Å²) in [7, 11) is 0. The maximum atomic E-state index is 12.0. The van der Waals surface area contributed by atoms with E-state index >= 15 is 0 Å². The second-order valence-corrected chi connectivity index (χ2v) is 7.80. The number of rotatable bonds is 6. The predicted octanol–water partition coefficient (Wildman–Crippen LogP) is 4.36. The number of thioether (sulfide) groups is 1. The van der Waals surface area contributed by atoms with E-state index in [1.165, 1.54) is 29.2 Å². The average molecular weight is 393 g/mol. The highest BCUT2D eigenvalue weighted by atomic mass is 32.2. The number of aromatic amines is 1. The Morgan fingerprint density at radius 1 is 1.11 bits per heavy atom. The van der Waals surface area contributed by atoms with Crippen LogP contribution in [0, 0.1) is 0 Å². The number of anilines is 1. The molecule has 0 aliphatic rings. The van der Waals surface area contributed by atoms with E-state index in [9.17, 15) is 4.79 Å². The molecule has 2 aromatic heterocycles. The van der Waals surface area contributed by atoms with Gasteiger partial charge in [0.05, 0.1) is 16.8 Å². The summed E-state index contributed by atoms with van der Waals surface area (Å²) >= 11 is 2.87. The van der Waals surface area contributed by atoms with Crippen LogP contribution in [0.15, 0.2) is 65.0 Å². The SMILES string of the molecule is O=C(/C=C/c1ccccc1)Nc1nnc(SCc2nc3ccccc3[nH]2)s1. The lowest BCUT2D eigenvalue weighted by atomic mass is 10.2. The van der Waals surface area contributed by atoms with Gasteiger partial charge in [0, 0.05) is 6.08 Å². The van der Waals surface area contributed by atoms with Crippen LogP contribution < -0.4 is 5.32 Å². The molecule has 0 saturated carbocycles. The lowest BCUT2D eigenvalue weighted by Crippen LogP contribution is -2.07. The first-order chi connectivity index (χ1) is 13.3. The van der Waals surface area contributed by atoms with Crippen LogP contribution in [0.2, 0.25) is 0 Å². The molecular weight excluding hydrogens is 378 g/mol. The maximum absolute atomic E-state index is 12.0. The zero-order chi connectivity index (χ0) is 18.5. The minimum absolute atomic E-state index is 0.233. The predicted molar refractivity (Wildman–Crippen MR) is 110 cm³/mol. The van der Waals surface area contributed by atoms with Gasteiger partial charge in [-0.05, 0) is 23.8 Å². The Morgan fingerprint density at radius 2 is 1.93 bits per heavy atom. The van der Waals surface area contributed by atoms with Crippen molar-refractivity contribution in [2.45, 2.75) is 10.1 Å². The summed E-state index contributed by atoms with van der Waals surface area (Å²) in [5.74, 6) is 1.31. The Bertz CT molecular complexity index is 1050. The number of nitrogens with one attached hydrogen (secondary N) is 2. The van der Waals surface area contributed by atoms with E-state index in [0.29, 0.717) is 10.9 Å². The lowest BCUT2D eigenvalue weighted by Gasteiger charge is -1.95. The highest BCUT2D eigenvalue weighted by molar-refractivity contribution is 8.00. The quantitative estimate of drug-likeness (QED) is 0.289. The number of imidazole rings is 1. The molecule has 0 fully saturated rings. The number of H-pyrrole nitrogens is 1. The number of fused-ring (bicyclic) bond motifs is 1. The highest BCUT2D eigenvalue weighted by Crippen LogP contribution is 2.28. The molecule has 134 valence electrons. The van der Waals surface area contributed by atoms with Gasteiger partial charge in [-0.15, -0.1) is 10.2 Å². The first-order valence-electron chi connectivity index (χ1n) is 8.20. The van der Waals surface area contributed by atoms with Gasteiger partial charge in [0.25, 0.3) is 0 Å². The van der Waals surface area contributed by atoms with Gasteiger partial charge in [-0.1, -0.05) is 65.6 Å². The van der Waals surface area contributed by atoms with Gasteiger partial charge >= 0.3 is 0 Å². The Hall–Kier alpha value is -2.97. The third-order valence-corrected chi connectivity index (χ3v) is 5.62. The maximum Gasteiger partial charge on any atom is 0.250 e. The van der Waals surface area contributed by atoms with Gasteiger partial charge in [0.15, 0.2) is 4.34 Å². The topological polar surface area (TPSA) is 83.6 Å². The van der Waals surface area contributed by atoms with Crippen LogP contribution in [0.3, 0.4) is 0 Å². The number of hydrogen-bond acceptors (Lipinski definition) is 6. The molecule has 0 radical (unpaired) electrons. The molecular formula is C19H15N5OS2. The number of amides is 1. The van der Waals surface area contributed by atoms with Crippen LogP contribution in [0.1, 0.15) is 11.4 Å². The molecule has 0 unspecified atom stereocenters. The Balaban J connectivity index is 1.33. The molecule has 6 nitrogen and oxygen atoms in total. The third kappa shape index (κ3) is 4.60. The molecule has 1 amide bonds. The lowest BCUT2D eigenvalue weighted by molar-refractivity contribution is -0.111. The van der Waals surface area contributed by atoms with Crippen LogP contribution in [0.25, 0.3) is 17.1 Å². The molecule has 2 aromatic carbocycles. The number of aromatic nitrogens is 4. The van der Waals surface area contributed by atoms with Gasteiger partial charge in [0.2, 0.25) is 11.0 Å². The minimum Gasteiger partial charge on any atom is -0.341 e. The molecule has 2 N–H and O–H groups in total. The monoisotopic (exact) mass is 393 g/mol. The zero-order valence-electron chi connectivity index (χ0n) is 14.1. The van der Waals surface area contributed by atoms with E-state index < -0.39 is 0 Å². The van der Waals surface area contributed by atoms with Crippen molar-refractivity contribution in [1.29, 1.82) is 0 Å². The molecule has 0 aliphatic heterocycles. The van der Waals surface area contributed by atoms with Crippen molar-refractivity contribution in [3.05, 3.63) is 72.1 Å². The third-order valence-electron chi connectivity index (χ3n) is 3.63. The highest BCUT2D eigenvalue weighted by Gasteiger charge is 2.09. The van der Waals surface area contributed by atoms with Gasteiger partial charge in [-0.25, -0.2) is 4.98 Å². The first kappa shape index (κ1) is 17.4. The van der Waals surface area contributed by atoms with E-state index in [1.54, 1.807) is 6.08 Å². The van der Waals surface area contributed by atoms with Gasteiger partial charge in [-0.3, -0.25) is 10.1 Å². The first-order valence-corrected chi connectivity index (χ1v) is 10.0. The summed E-state index contributed by atoms with van der Waals surface area (Å²) in [5.41, 5.74) is 2.93. The molecule has 8 heteroatoms. The Labute approximate surface area is 163 Å². The Morgan fingerprint density at radius 3 is 2.78 bits per heavy atom. The molecule has 4 aromatic rings.